The lowest BCUT2D eigenvalue weighted by molar-refractivity contribution is -0.141. The van der Waals surface area contributed by atoms with Crippen LogP contribution in [-0.4, -0.2) is 55.2 Å². The zero-order valence-electron chi connectivity index (χ0n) is 16.1. The third-order valence-corrected chi connectivity index (χ3v) is 5.42. The molecule has 0 bridgehead atoms. The second-order valence-corrected chi connectivity index (χ2v) is 7.85. The van der Waals surface area contributed by atoms with E-state index in [0.717, 1.165) is 11.4 Å². The van der Waals surface area contributed by atoms with E-state index < -0.39 is 6.04 Å². The highest BCUT2D eigenvalue weighted by Crippen LogP contribution is 2.20. The van der Waals surface area contributed by atoms with Crippen molar-refractivity contribution in [3.63, 3.8) is 0 Å². The zero-order chi connectivity index (χ0) is 20.3. The van der Waals surface area contributed by atoms with Gasteiger partial charge in [0, 0.05) is 6.04 Å². The number of hydrogen-bond acceptors (Lipinski definition) is 6. The molecule has 28 heavy (non-hydrogen) atoms. The van der Waals surface area contributed by atoms with Gasteiger partial charge in [-0.05, 0) is 26.3 Å². The van der Waals surface area contributed by atoms with E-state index in [9.17, 15) is 14.4 Å². The number of nitrogens with zero attached hydrogens (tertiary/aromatic N) is 4. The molecule has 1 aromatic heterocycles. The van der Waals surface area contributed by atoms with Crippen LogP contribution in [0.4, 0.5) is 0 Å². The van der Waals surface area contributed by atoms with E-state index in [1.165, 1.54) is 16.7 Å². The lowest BCUT2D eigenvalue weighted by atomic mass is 10.2. The van der Waals surface area contributed by atoms with E-state index in [4.69, 9.17) is 0 Å². The number of hydrogen-bond donors (Lipinski definition) is 1. The molecule has 3 rings (SSSR count). The van der Waals surface area contributed by atoms with Crippen LogP contribution in [0.3, 0.4) is 0 Å². The van der Waals surface area contributed by atoms with Crippen molar-refractivity contribution in [2.45, 2.75) is 51.0 Å². The number of carbonyl (C=O) groups excluding carboxylic acids is 3. The predicted molar refractivity (Wildman–Crippen MR) is 105 cm³/mol. The summed E-state index contributed by atoms with van der Waals surface area (Å²) in [4.78, 5) is 37.7. The van der Waals surface area contributed by atoms with E-state index in [2.05, 4.69) is 15.5 Å². The van der Waals surface area contributed by atoms with Gasteiger partial charge < -0.3 is 9.88 Å². The Kier molecular flexibility index (Phi) is 6.13. The van der Waals surface area contributed by atoms with Gasteiger partial charge in [0.2, 0.25) is 11.8 Å². The standard InChI is InChI=1S/C19H23N5O3S/c1-12(2)24-17(26)9-15(18(24)27)20-16(25)11-28-19-22-21-13(3)23(19)10-14-7-5-4-6-8-14/h4-8,12,15H,9-11H2,1-3H3,(H,20,25). The molecule has 3 amide bonds. The number of aromatic nitrogens is 3. The molecule has 2 heterocycles. The average Bonchev–Trinajstić information content (AvgIpc) is 3.13. The number of benzene rings is 1. The van der Waals surface area contributed by atoms with Crippen molar-refractivity contribution in [3.8, 4) is 0 Å². The molecule has 9 heteroatoms. The molecule has 2 aromatic rings. The monoisotopic (exact) mass is 401 g/mol. The topological polar surface area (TPSA) is 97.2 Å². The normalized spacial score (nSPS) is 16.9. The minimum atomic E-state index is -0.785. The summed E-state index contributed by atoms with van der Waals surface area (Å²) >= 11 is 1.26. The highest BCUT2D eigenvalue weighted by Gasteiger charge is 2.40. The largest absolute Gasteiger partial charge is 0.343 e. The fourth-order valence-electron chi connectivity index (χ4n) is 3.09. The molecular formula is C19H23N5O3S. The molecule has 1 unspecified atom stereocenters. The molecular weight excluding hydrogens is 378 g/mol. The number of likely N-dealkylation sites (tertiary alicyclic amines) is 1. The molecule has 1 aliphatic heterocycles. The lowest BCUT2D eigenvalue weighted by Crippen LogP contribution is -2.44. The Bertz CT molecular complexity index is 881. The Morgan fingerprint density at radius 3 is 2.61 bits per heavy atom. The summed E-state index contributed by atoms with van der Waals surface area (Å²) in [5, 5.41) is 11.5. The van der Waals surface area contributed by atoms with Crippen molar-refractivity contribution in [1.29, 1.82) is 0 Å². The summed E-state index contributed by atoms with van der Waals surface area (Å²) in [5.74, 6) is -0.0609. The molecule has 1 saturated heterocycles. The highest BCUT2D eigenvalue weighted by molar-refractivity contribution is 7.99. The molecule has 148 valence electrons. The van der Waals surface area contributed by atoms with Gasteiger partial charge in [-0.15, -0.1) is 10.2 Å². The third kappa shape index (κ3) is 4.41. The Morgan fingerprint density at radius 2 is 1.96 bits per heavy atom. The highest BCUT2D eigenvalue weighted by atomic mass is 32.2. The molecule has 8 nitrogen and oxygen atoms in total. The lowest BCUT2D eigenvalue weighted by Gasteiger charge is -2.19. The van der Waals surface area contributed by atoms with Gasteiger partial charge in [-0.1, -0.05) is 42.1 Å². The van der Waals surface area contributed by atoms with Gasteiger partial charge in [0.15, 0.2) is 5.16 Å². The smallest absolute Gasteiger partial charge is 0.252 e. The number of aryl methyl sites for hydroxylation is 1. The maximum atomic E-state index is 12.3. The molecule has 0 aliphatic carbocycles. The van der Waals surface area contributed by atoms with Gasteiger partial charge >= 0.3 is 0 Å². The van der Waals surface area contributed by atoms with Crippen LogP contribution in [0, 0.1) is 6.92 Å². The Balaban J connectivity index is 1.58. The summed E-state index contributed by atoms with van der Waals surface area (Å²) in [6, 6.07) is 8.93. The fraction of sp³-hybridized carbons (Fsp3) is 0.421. The Morgan fingerprint density at radius 1 is 1.25 bits per heavy atom. The maximum absolute atomic E-state index is 12.3. The van der Waals surface area contributed by atoms with Crippen molar-refractivity contribution in [1.82, 2.24) is 25.0 Å². The second kappa shape index (κ2) is 8.55. The van der Waals surface area contributed by atoms with Crippen LogP contribution in [0.1, 0.15) is 31.7 Å². The zero-order valence-corrected chi connectivity index (χ0v) is 16.9. The van der Waals surface area contributed by atoms with Crippen LogP contribution in [0.25, 0.3) is 0 Å². The van der Waals surface area contributed by atoms with Crippen LogP contribution in [0.15, 0.2) is 35.5 Å². The number of imide groups is 1. The van der Waals surface area contributed by atoms with Crippen molar-refractivity contribution in [3.05, 3.63) is 41.7 Å². The second-order valence-electron chi connectivity index (χ2n) is 6.91. The predicted octanol–water partition coefficient (Wildman–Crippen LogP) is 1.38. The maximum Gasteiger partial charge on any atom is 0.252 e. The average molecular weight is 401 g/mol. The van der Waals surface area contributed by atoms with E-state index in [0.29, 0.717) is 11.7 Å². The van der Waals surface area contributed by atoms with Crippen molar-refractivity contribution in [2.75, 3.05) is 5.75 Å². The van der Waals surface area contributed by atoms with Crippen molar-refractivity contribution < 1.29 is 14.4 Å². The third-order valence-electron chi connectivity index (χ3n) is 4.45. The Labute approximate surface area is 167 Å². The summed E-state index contributed by atoms with van der Waals surface area (Å²) in [6.45, 7) is 6.03. The first-order valence-corrected chi connectivity index (χ1v) is 10.1. The van der Waals surface area contributed by atoms with Gasteiger partial charge in [0.1, 0.15) is 11.9 Å². The minimum Gasteiger partial charge on any atom is -0.343 e. The molecule has 0 spiro atoms. The first-order chi connectivity index (χ1) is 13.4. The Hall–Kier alpha value is -2.68. The number of nitrogens with one attached hydrogen (secondary N) is 1. The summed E-state index contributed by atoms with van der Waals surface area (Å²) in [6.07, 6.45) is 0.0106. The van der Waals surface area contributed by atoms with E-state index in [1.54, 1.807) is 13.8 Å². The van der Waals surface area contributed by atoms with Gasteiger partial charge in [-0.3, -0.25) is 19.3 Å². The van der Waals surface area contributed by atoms with E-state index in [-0.39, 0.29) is 35.9 Å². The van der Waals surface area contributed by atoms with Crippen molar-refractivity contribution >= 4 is 29.5 Å². The van der Waals surface area contributed by atoms with E-state index in [1.807, 2.05) is 41.8 Å². The van der Waals surface area contributed by atoms with E-state index >= 15 is 0 Å². The molecule has 1 aliphatic rings. The molecule has 1 fully saturated rings. The first-order valence-electron chi connectivity index (χ1n) is 9.08. The van der Waals surface area contributed by atoms with Crippen molar-refractivity contribution in [2.24, 2.45) is 0 Å². The molecule has 1 atom stereocenters. The van der Waals surface area contributed by atoms with Gasteiger partial charge in [0.05, 0.1) is 18.7 Å². The first kappa shape index (κ1) is 20.1. The van der Waals surface area contributed by atoms with Crippen LogP contribution in [-0.2, 0) is 20.9 Å². The number of thioether (sulfide) groups is 1. The fourth-order valence-corrected chi connectivity index (χ4v) is 3.88. The van der Waals surface area contributed by atoms with Crippen LogP contribution in [0.5, 0.6) is 0 Å². The number of carbonyl (C=O) groups is 3. The van der Waals surface area contributed by atoms with Crippen LogP contribution in [0.2, 0.25) is 0 Å². The van der Waals surface area contributed by atoms with Gasteiger partial charge in [0.25, 0.3) is 5.91 Å². The minimum absolute atomic E-state index is 0.0106. The van der Waals surface area contributed by atoms with Crippen LogP contribution < -0.4 is 5.32 Å². The van der Waals surface area contributed by atoms with Gasteiger partial charge in [-0.25, -0.2) is 0 Å². The SMILES string of the molecule is Cc1nnc(SCC(=O)NC2CC(=O)N(C(C)C)C2=O)n1Cc1ccccc1. The quantitative estimate of drug-likeness (QED) is 0.556. The molecule has 1 N–H and O–H groups in total. The summed E-state index contributed by atoms with van der Waals surface area (Å²) < 4.78 is 1.94. The molecule has 0 saturated carbocycles. The molecule has 1 aromatic carbocycles. The molecule has 0 radical (unpaired) electrons. The summed E-state index contributed by atoms with van der Waals surface area (Å²) in [7, 11) is 0. The van der Waals surface area contributed by atoms with Crippen LogP contribution >= 0.6 is 11.8 Å². The number of amides is 3. The number of rotatable bonds is 7. The summed E-state index contributed by atoms with van der Waals surface area (Å²) in [5.41, 5.74) is 1.11. The van der Waals surface area contributed by atoms with Gasteiger partial charge in [-0.2, -0.15) is 0 Å².